The van der Waals surface area contributed by atoms with E-state index in [0.717, 1.165) is 5.39 Å². The van der Waals surface area contributed by atoms with Gasteiger partial charge in [-0.05, 0) is 25.1 Å². The molecule has 6 heteroatoms. The lowest BCUT2D eigenvalue weighted by Gasteiger charge is -2.05. The van der Waals surface area contributed by atoms with E-state index in [1.165, 1.54) is 12.1 Å². The van der Waals surface area contributed by atoms with E-state index >= 15 is 0 Å². The Morgan fingerprint density at radius 2 is 2.11 bits per heavy atom. The maximum absolute atomic E-state index is 13.3. The van der Waals surface area contributed by atoms with Gasteiger partial charge in [0.2, 0.25) is 0 Å². The van der Waals surface area contributed by atoms with Gasteiger partial charge >= 0.3 is 0 Å². The molecule has 2 heterocycles. The summed E-state index contributed by atoms with van der Waals surface area (Å²) in [5, 5.41) is 8.08. The van der Waals surface area contributed by atoms with Crippen molar-refractivity contribution in [3.8, 4) is 5.69 Å². The number of aryl methyl sites for hydroxylation is 1. The fourth-order valence-electron chi connectivity index (χ4n) is 2.00. The first-order chi connectivity index (χ1) is 9.19. The van der Waals surface area contributed by atoms with Gasteiger partial charge in [-0.2, -0.15) is 5.10 Å². The van der Waals surface area contributed by atoms with Gasteiger partial charge in [0.25, 0.3) is 0 Å². The van der Waals surface area contributed by atoms with Crippen LogP contribution in [0.25, 0.3) is 16.7 Å². The van der Waals surface area contributed by atoms with Crippen molar-refractivity contribution in [2.45, 2.75) is 6.92 Å². The summed E-state index contributed by atoms with van der Waals surface area (Å²) >= 11 is 0. The quantitative estimate of drug-likeness (QED) is 0.765. The van der Waals surface area contributed by atoms with E-state index in [-0.39, 0.29) is 5.82 Å². The zero-order chi connectivity index (χ0) is 13.4. The number of benzene rings is 1. The minimum Gasteiger partial charge on any atom is -0.372 e. The van der Waals surface area contributed by atoms with Crippen molar-refractivity contribution in [1.82, 2.24) is 19.7 Å². The van der Waals surface area contributed by atoms with Crippen LogP contribution in [0.1, 0.15) is 5.82 Å². The van der Waals surface area contributed by atoms with E-state index in [2.05, 4.69) is 20.4 Å². The highest BCUT2D eigenvalue weighted by Gasteiger charge is 2.12. The average molecular weight is 257 g/mol. The number of hydrogen-bond donors (Lipinski definition) is 1. The Hall–Kier alpha value is -2.50. The molecule has 0 bridgehead atoms. The third-order valence-corrected chi connectivity index (χ3v) is 2.83. The van der Waals surface area contributed by atoms with Crippen molar-refractivity contribution in [3.63, 3.8) is 0 Å². The second-order valence-electron chi connectivity index (χ2n) is 4.14. The van der Waals surface area contributed by atoms with E-state index in [1.54, 1.807) is 30.1 Å². The summed E-state index contributed by atoms with van der Waals surface area (Å²) < 4.78 is 14.9. The number of fused-ring (bicyclic) bond motifs is 1. The lowest BCUT2D eigenvalue weighted by Crippen LogP contribution is -2.02. The summed E-state index contributed by atoms with van der Waals surface area (Å²) in [6.45, 7) is 1.81. The van der Waals surface area contributed by atoms with Crippen molar-refractivity contribution in [2.24, 2.45) is 0 Å². The number of hydrogen-bond acceptors (Lipinski definition) is 4. The predicted octanol–water partition coefficient (Wildman–Crippen LogP) is 2.30. The van der Waals surface area contributed by atoms with Gasteiger partial charge in [-0.1, -0.05) is 6.07 Å². The van der Waals surface area contributed by atoms with Gasteiger partial charge < -0.3 is 5.32 Å². The maximum Gasteiger partial charge on any atom is 0.168 e. The summed E-state index contributed by atoms with van der Waals surface area (Å²) in [4.78, 5) is 8.67. The molecule has 0 fully saturated rings. The van der Waals surface area contributed by atoms with Crippen LogP contribution in [0.4, 0.5) is 10.2 Å². The highest BCUT2D eigenvalue weighted by molar-refractivity contribution is 5.87. The molecule has 0 saturated heterocycles. The third kappa shape index (κ3) is 1.91. The Morgan fingerprint density at radius 3 is 2.84 bits per heavy atom. The van der Waals surface area contributed by atoms with Crippen LogP contribution < -0.4 is 5.32 Å². The summed E-state index contributed by atoms with van der Waals surface area (Å²) in [5.41, 5.74) is 1.29. The molecule has 0 radical (unpaired) electrons. The predicted molar refractivity (Wildman–Crippen MR) is 70.9 cm³/mol. The molecule has 0 saturated carbocycles. The van der Waals surface area contributed by atoms with E-state index in [1.807, 2.05) is 6.92 Å². The molecule has 1 aromatic carbocycles. The third-order valence-electron chi connectivity index (χ3n) is 2.83. The number of nitrogens with one attached hydrogen (secondary N) is 1. The smallest absolute Gasteiger partial charge is 0.168 e. The molecule has 19 heavy (non-hydrogen) atoms. The fourth-order valence-corrected chi connectivity index (χ4v) is 2.00. The van der Waals surface area contributed by atoms with Gasteiger partial charge in [0.05, 0.1) is 17.3 Å². The second kappa shape index (κ2) is 4.31. The van der Waals surface area contributed by atoms with Crippen LogP contribution in [0, 0.1) is 12.7 Å². The summed E-state index contributed by atoms with van der Waals surface area (Å²) in [7, 11) is 1.79. The first kappa shape index (κ1) is 11.6. The summed E-state index contributed by atoms with van der Waals surface area (Å²) in [5.74, 6) is 1.04. The Labute approximate surface area is 109 Å². The molecule has 0 atom stereocenters. The number of anilines is 1. The minimum atomic E-state index is -0.305. The Morgan fingerprint density at radius 1 is 1.26 bits per heavy atom. The maximum atomic E-state index is 13.3. The highest BCUT2D eigenvalue weighted by atomic mass is 19.1. The zero-order valence-corrected chi connectivity index (χ0v) is 10.6. The molecule has 0 aliphatic carbocycles. The molecular weight excluding hydrogens is 245 g/mol. The number of aromatic nitrogens is 4. The van der Waals surface area contributed by atoms with Crippen molar-refractivity contribution < 1.29 is 4.39 Å². The van der Waals surface area contributed by atoms with E-state index < -0.39 is 0 Å². The number of rotatable bonds is 2. The molecule has 2 aromatic heterocycles. The molecule has 5 nitrogen and oxygen atoms in total. The standard InChI is InChI=1S/C13H12FN5/c1-8-17-12(15-2)11-7-16-19(13(11)18-8)10-5-3-4-9(14)6-10/h3-7H,1-2H3,(H,15,17,18). The van der Waals surface area contributed by atoms with Crippen molar-refractivity contribution in [2.75, 3.05) is 12.4 Å². The van der Waals surface area contributed by atoms with Crippen molar-refractivity contribution >= 4 is 16.9 Å². The van der Waals surface area contributed by atoms with Crippen molar-refractivity contribution in [3.05, 3.63) is 42.1 Å². The molecule has 1 N–H and O–H groups in total. The van der Waals surface area contributed by atoms with Crippen LogP contribution in [-0.4, -0.2) is 26.8 Å². The Bertz CT molecular complexity index is 750. The molecule has 0 aliphatic heterocycles. The van der Waals surface area contributed by atoms with Gasteiger partial charge in [0.15, 0.2) is 5.65 Å². The first-order valence-corrected chi connectivity index (χ1v) is 5.85. The molecule has 0 unspecified atom stereocenters. The minimum absolute atomic E-state index is 0.305. The number of nitrogens with zero attached hydrogens (tertiary/aromatic N) is 4. The van der Waals surface area contributed by atoms with Gasteiger partial charge in [0, 0.05) is 7.05 Å². The molecular formula is C13H12FN5. The van der Waals surface area contributed by atoms with Gasteiger partial charge in [-0.3, -0.25) is 0 Å². The number of halogens is 1. The van der Waals surface area contributed by atoms with Crippen LogP contribution in [-0.2, 0) is 0 Å². The molecule has 0 spiro atoms. The van der Waals surface area contributed by atoms with Crippen LogP contribution in [0.5, 0.6) is 0 Å². The zero-order valence-electron chi connectivity index (χ0n) is 10.6. The summed E-state index contributed by atoms with van der Waals surface area (Å²) in [6, 6.07) is 6.24. The SMILES string of the molecule is CNc1nc(C)nc2c1cnn2-c1cccc(F)c1. The summed E-state index contributed by atoms with van der Waals surface area (Å²) in [6.07, 6.45) is 1.67. The van der Waals surface area contributed by atoms with Crippen LogP contribution in [0.15, 0.2) is 30.5 Å². The van der Waals surface area contributed by atoms with Crippen LogP contribution >= 0.6 is 0 Å². The van der Waals surface area contributed by atoms with Crippen LogP contribution in [0.2, 0.25) is 0 Å². The molecule has 3 aromatic rings. The van der Waals surface area contributed by atoms with Gasteiger partial charge in [-0.25, -0.2) is 19.0 Å². The largest absolute Gasteiger partial charge is 0.372 e. The van der Waals surface area contributed by atoms with Gasteiger partial charge in [0.1, 0.15) is 17.5 Å². The van der Waals surface area contributed by atoms with E-state index in [9.17, 15) is 4.39 Å². The van der Waals surface area contributed by atoms with Crippen LogP contribution in [0.3, 0.4) is 0 Å². The van der Waals surface area contributed by atoms with E-state index in [0.29, 0.717) is 23.0 Å². The lowest BCUT2D eigenvalue weighted by atomic mass is 10.3. The molecule has 3 rings (SSSR count). The second-order valence-corrected chi connectivity index (χ2v) is 4.14. The Balaban J connectivity index is 2.28. The van der Waals surface area contributed by atoms with Crippen molar-refractivity contribution in [1.29, 1.82) is 0 Å². The highest BCUT2D eigenvalue weighted by Crippen LogP contribution is 2.22. The Kier molecular flexibility index (Phi) is 2.63. The molecule has 0 amide bonds. The first-order valence-electron chi connectivity index (χ1n) is 5.85. The molecule has 0 aliphatic rings. The normalized spacial score (nSPS) is 10.9. The topological polar surface area (TPSA) is 55.6 Å². The fraction of sp³-hybridized carbons (Fsp3) is 0.154. The monoisotopic (exact) mass is 257 g/mol. The molecule has 96 valence electrons. The van der Waals surface area contributed by atoms with E-state index in [4.69, 9.17) is 0 Å². The lowest BCUT2D eigenvalue weighted by molar-refractivity contribution is 0.625. The van der Waals surface area contributed by atoms with Gasteiger partial charge in [-0.15, -0.1) is 0 Å². The average Bonchev–Trinajstić information content (AvgIpc) is 2.81.